The first-order chi connectivity index (χ1) is 16.4. The first-order valence-electron chi connectivity index (χ1n) is 9.88. The van der Waals surface area contributed by atoms with Crippen molar-refractivity contribution in [3.8, 4) is 11.8 Å². The SMILES string of the molecule is COc1cccc(NC(=O)/C(C#N)=C\c2ccc(CNC(=O)C(=O)Nc3cccc(Cl)c3)o2)c1. The van der Waals surface area contributed by atoms with Crippen molar-refractivity contribution in [1.82, 2.24) is 5.32 Å². The number of methoxy groups -OCH3 is 1. The third kappa shape index (κ3) is 6.72. The van der Waals surface area contributed by atoms with Crippen molar-refractivity contribution in [3.05, 3.63) is 82.8 Å². The van der Waals surface area contributed by atoms with Crippen LogP contribution in [0.2, 0.25) is 5.02 Å². The van der Waals surface area contributed by atoms with E-state index in [0.29, 0.717) is 27.9 Å². The van der Waals surface area contributed by atoms with Crippen LogP contribution in [0.5, 0.6) is 5.75 Å². The molecule has 3 rings (SSSR count). The van der Waals surface area contributed by atoms with Crippen LogP contribution in [0, 0.1) is 11.3 Å². The Bertz CT molecular complexity index is 1290. The van der Waals surface area contributed by atoms with Gasteiger partial charge in [-0.1, -0.05) is 23.7 Å². The summed E-state index contributed by atoms with van der Waals surface area (Å²) in [6.45, 7) is -0.0759. The van der Waals surface area contributed by atoms with Crippen LogP contribution in [-0.2, 0) is 20.9 Å². The summed E-state index contributed by atoms with van der Waals surface area (Å²) in [6.07, 6.45) is 1.27. The van der Waals surface area contributed by atoms with Crippen molar-refractivity contribution >= 4 is 46.8 Å². The molecule has 3 N–H and O–H groups in total. The molecule has 1 heterocycles. The van der Waals surface area contributed by atoms with Gasteiger partial charge in [-0.05, 0) is 42.5 Å². The Hall–Kier alpha value is -4.55. The minimum atomic E-state index is -0.871. The molecule has 9 nitrogen and oxygen atoms in total. The highest BCUT2D eigenvalue weighted by Gasteiger charge is 2.15. The van der Waals surface area contributed by atoms with E-state index in [-0.39, 0.29) is 17.9 Å². The molecule has 0 radical (unpaired) electrons. The molecule has 0 fully saturated rings. The summed E-state index contributed by atoms with van der Waals surface area (Å²) in [4.78, 5) is 36.5. The van der Waals surface area contributed by atoms with Gasteiger partial charge in [-0.2, -0.15) is 5.26 Å². The molecule has 0 spiro atoms. The summed E-state index contributed by atoms with van der Waals surface area (Å²) in [5.41, 5.74) is 0.660. The Balaban J connectivity index is 1.57. The molecular formula is C24H19ClN4O5. The number of rotatable bonds is 7. The third-order valence-corrected chi connectivity index (χ3v) is 4.61. The van der Waals surface area contributed by atoms with Crippen molar-refractivity contribution in [1.29, 1.82) is 5.26 Å². The van der Waals surface area contributed by atoms with Crippen LogP contribution in [0.3, 0.4) is 0 Å². The largest absolute Gasteiger partial charge is 0.497 e. The van der Waals surface area contributed by atoms with Gasteiger partial charge in [-0.15, -0.1) is 0 Å². The highest BCUT2D eigenvalue weighted by molar-refractivity contribution is 6.39. The fraction of sp³-hybridized carbons (Fsp3) is 0.0833. The Kier molecular flexibility index (Phi) is 8.05. The van der Waals surface area contributed by atoms with Crippen molar-refractivity contribution < 1.29 is 23.5 Å². The van der Waals surface area contributed by atoms with E-state index in [4.69, 9.17) is 20.8 Å². The summed E-state index contributed by atoms with van der Waals surface area (Å²) >= 11 is 5.85. The van der Waals surface area contributed by atoms with Crippen molar-refractivity contribution in [2.24, 2.45) is 0 Å². The second-order valence-corrected chi connectivity index (χ2v) is 7.24. The summed E-state index contributed by atoms with van der Waals surface area (Å²) in [5, 5.41) is 17.3. The van der Waals surface area contributed by atoms with Gasteiger partial charge in [0.2, 0.25) is 0 Å². The molecule has 3 aromatic rings. The van der Waals surface area contributed by atoms with Gasteiger partial charge in [0.05, 0.1) is 13.7 Å². The van der Waals surface area contributed by atoms with Gasteiger partial charge in [-0.25, -0.2) is 0 Å². The predicted molar refractivity (Wildman–Crippen MR) is 126 cm³/mol. The number of halogens is 1. The second-order valence-electron chi connectivity index (χ2n) is 6.81. The minimum absolute atomic E-state index is 0.0759. The van der Waals surface area contributed by atoms with E-state index in [9.17, 15) is 19.6 Å². The molecule has 0 bridgehead atoms. The van der Waals surface area contributed by atoms with E-state index in [1.807, 2.05) is 6.07 Å². The molecule has 0 aliphatic rings. The molecule has 0 aliphatic carbocycles. The molecule has 2 aromatic carbocycles. The van der Waals surface area contributed by atoms with Crippen molar-refractivity contribution in [3.63, 3.8) is 0 Å². The Morgan fingerprint density at radius 1 is 1.00 bits per heavy atom. The average Bonchev–Trinajstić information content (AvgIpc) is 3.28. The highest BCUT2D eigenvalue weighted by atomic mass is 35.5. The first kappa shape index (κ1) is 24.1. The van der Waals surface area contributed by atoms with Crippen LogP contribution in [0.15, 0.2) is 70.7 Å². The lowest BCUT2D eigenvalue weighted by atomic mass is 10.2. The predicted octanol–water partition coefficient (Wildman–Crippen LogP) is 3.74. The van der Waals surface area contributed by atoms with Gasteiger partial charge in [-0.3, -0.25) is 14.4 Å². The highest BCUT2D eigenvalue weighted by Crippen LogP contribution is 2.18. The number of nitrogens with zero attached hydrogens (tertiary/aromatic N) is 1. The fourth-order valence-electron chi connectivity index (χ4n) is 2.76. The van der Waals surface area contributed by atoms with Crippen LogP contribution >= 0.6 is 11.6 Å². The van der Waals surface area contributed by atoms with Crippen LogP contribution < -0.4 is 20.7 Å². The minimum Gasteiger partial charge on any atom is -0.497 e. The van der Waals surface area contributed by atoms with E-state index in [1.165, 1.54) is 25.3 Å². The molecule has 0 unspecified atom stereocenters. The van der Waals surface area contributed by atoms with E-state index in [0.717, 1.165) is 0 Å². The van der Waals surface area contributed by atoms with Crippen molar-refractivity contribution in [2.45, 2.75) is 6.54 Å². The molecule has 34 heavy (non-hydrogen) atoms. The molecule has 0 saturated carbocycles. The molecular weight excluding hydrogens is 460 g/mol. The Morgan fingerprint density at radius 2 is 1.71 bits per heavy atom. The number of carbonyl (C=O) groups is 3. The summed E-state index contributed by atoms with van der Waals surface area (Å²) in [7, 11) is 1.50. The topological polar surface area (TPSA) is 133 Å². The number of amides is 3. The maximum atomic E-state index is 12.4. The maximum absolute atomic E-state index is 12.4. The van der Waals surface area contributed by atoms with Crippen molar-refractivity contribution in [2.75, 3.05) is 17.7 Å². The molecule has 3 amide bonds. The summed E-state index contributed by atoms with van der Waals surface area (Å²) < 4.78 is 10.6. The zero-order valence-corrected chi connectivity index (χ0v) is 18.7. The molecule has 10 heteroatoms. The maximum Gasteiger partial charge on any atom is 0.313 e. The number of furan rings is 1. The van der Waals surface area contributed by atoms with Gasteiger partial charge < -0.3 is 25.1 Å². The average molecular weight is 479 g/mol. The smallest absolute Gasteiger partial charge is 0.313 e. The number of anilines is 2. The normalized spacial score (nSPS) is 10.7. The molecule has 0 aliphatic heterocycles. The number of benzene rings is 2. The number of nitrogens with one attached hydrogen (secondary N) is 3. The zero-order chi connectivity index (χ0) is 24.5. The fourth-order valence-corrected chi connectivity index (χ4v) is 2.95. The van der Waals surface area contributed by atoms with Crippen LogP contribution in [0.4, 0.5) is 11.4 Å². The quantitative estimate of drug-likeness (QED) is 0.269. The van der Waals surface area contributed by atoms with Gasteiger partial charge in [0.15, 0.2) is 0 Å². The second kappa shape index (κ2) is 11.4. The van der Waals surface area contributed by atoms with E-state index < -0.39 is 17.7 Å². The van der Waals surface area contributed by atoms with Crippen LogP contribution in [0.25, 0.3) is 6.08 Å². The van der Waals surface area contributed by atoms with Crippen LogP contribution in [-0.4, -0.2) is 24.8 Å². The lowest BCUT2D eigenvalue weighted by Gasteiger charge is -2.06. The molecule has 172 valence electrons. The van der Waals surface area contributed by atoms with Gasteiger partial charge in [0.25, 0.3) is 5.91 Å². The number of ether oxygens (including phenoxy) is 1. The lowest BCUT2D eigenvalue weighted by molar-refractivity contribution is -0.136. The van der Waals surface area contributed by atoms with E-state index in [1.54, 1.807) is 48.5 Å². The number of nitriles is 1. The molecule has 0 atom stereocenters. The summed E-state index contributed by atoms with van der Waals surface area (Å²) in [5.74, 6) is -1.26. The standard InChI is InChI=1S/C24H19ClN4O5/c1-33-19-7-3-6-18(12-19)28-22(30)15(13-26)10-20-8-9-21(34-20)14-27-23(31)24(32)29-17-5-2-4-16(25)11-17/h2-12H,14H2,1H3,(H,27,31)(H,28,30)(H,29,32)/b15-10-. The van der Waals surface area contributed by atoms with E-state index in [2.05, 4.69) is 16.0 Å². The lowest BCUT2D eigenvalue weighted by Crippen LogP contribution is -2.34. The zero-order valence-electron chi connectivity index (χ0n) is 17.9. The number of hydrogen-bond donors (Lipinski definition) is 3. The monoisotopic (exact) mass is 478 g/mol. The van der Waals surface area contributed by atoms with Gasteiger partial charge in [0, 0.05) is 28.5 Å². The third-order valence-electron chi connectivity index (χ3n) is 4.37. The number of carbonyl (C=O) groups excluding carboxylic acids is 3. The van der Waals surface area contributed by atoms with Crippen LogP contribution in [0.1, 0.15) is 11.5 Å². The first-order valence-corrected chi connectivity index (χ1v) is 10.3. The number of hydrogen-bond acceptors (Lipinski definition) is 6. The summed E-state index contributed by atoms with van der Waals surface area (Å²) in [6, 6.07) is 18.0. The molecule has 1 aromatic heterocycles. The Morgan fingerprint density at radius 3 is 2.41 bits per heavy atom. The van der Waals surface area contributed by atoms with Gasteiger partial charge in [0.1, 0.15) is 28.9 Å². The van der Waals surface area contributed by atoms with Gasteiger partial charge >= 0.3 is 11.8 Å². The van der Waals surface area contributed by atoms with E-state index >= 15 is 0 Å². The Labute approximate surface area is 200 Å². The molecule has 0 saturated heterocycles.